The summed E-state index contributed by atoms with van der Waals surface area (Å²) in [5.41, 5.74) is 6.25. The fourth-order valence-corrected chi connectivity index (χ4v) is 3.67. The summed E-state index contributed by atoms with van der Waals surface area (Å²) in [5.74, 6) is 0. The van der Waals surface area contributed by atoms with Gasteiger partial charge >= 0.3 is 0 Å². The van der Waals surface area contributed by atoms with E-state index in [9.17, 15) is 10.2 Å². The molecule has 0 bridgehead atoms. The molecule has 3 aromatic carbocycles. The highest BCUT2D eigenvalue weighted by molar-refractivity contribution is 5.87. The summed E-state index contributed by atoms with van der Waals surface area (Å²) in [6, 6.07) is 27.7. The lowest BCUT2D eigenvalue weighted by molar-refractivity contribution is 0.281. The van der Waals surface area contributed by atoms with Crippen LogP contribution in [0.4, 0.5) is 17.1 Å². The number of hydrogen-bond acceptors (Lipinski definition) is 6. The molecule has 0 radical (unpaired) electrons. The number of pyridine rings is 1. The van der Waals surface area contributed by atoms with Gasteiger partial charge in [0, 0.05) is 42.3 Å². The first-order chi connectivity index (χ1) is 16.3. The lowest BCUT2D eigenvalue weighted by atomic mass is 9.99. The number of aliphatic hydroxyl groups is 2. The van der Waals surface area contributed by atoms with Gasteiger partial charge in [0.05, 0.1) is 18.9 Å². The monoisotopic (exact) mass is 438 g/mol. The average molecular weight is 439 g/mol. The molecule has 166 valence electrons. The van der Waals surface area contributed by atoms with Gasteiger partial charge in [-0.15, -0.1) is 5.11 Å². The highest BCUT2D eigenvalue weighted by Crippen LogP contribution is 2.39. The highest BCUT2D eigenvalue weighted by Gasteiger charge is 2.13. The molecule has 0 aliphatic heterocycles. The van der Waals surface area contributed by atoms with Crippen molar-refractivity contribution < 1.29 is 10.2 Å². The zero-order valence-electron chi connectivity index (χ0n) is 18.2. The number of rotatable bonds is 9. The van der Waals surface area contributed by atoms with E-state index in [2.05, 4.69) is 15.2 Å². The normalized spacial score (nSPS) is 11.1. The first-order valence-corrected chi connectivity index (χ1v) is 10.9. The minimum Gasteiger partial charge on any atom is -0.395 e. The van der Waals surface area contributed by atoms with Crippen molar-refractivity contribution in [3.63, 3.8) is 0 Å². The van der Waals surface area contributed by atoms with Gasteiger partial charge in [0.15, 0.2) is 0 Å². The molecule has 0 aliphatic carbocycles. The van der Waals surface area contributed by atoms with Gasteiger partial charge in [-0.1, -0.05) is 60.7 Å². The molecule has 33 heavy (non-hydrogen) atoms. The number of hydrogen-bond donors (Lipinski definition) is 2. The summed E-state index contributed by atoms with van der Waals surface area (Å²) in [4.78, 5) is 6.39. The van der Waals surface area contributed by atoms with Gasteiger partial charge in [0.1, 0.15) is 5.69 Å². The van der Waals surface area contributed by atoms with E-state index in [1.807, 2.05) is 102 Å². The Kier molecular flexibility index (Phi) is 7.53. The second-order valence-corrected chi connectivity index (χ2v) is 7.47. The number of aliphatic hydroxyl groups excluding tert-OH is 2. The first-order valence-electron chi connectivity index (χ1n) is 10.9. The van der Waals surface area contributed by atoms with Crippen molar-refractivity contribution in [2.45, 2.75) is 0 Å². The third-order valence-electron chi connectivity index (χ3n) is 5.31. The summed E-state index contributed by atoms with van der Waals surface area (Å²) >= 11 is 0. The van der Waals surface area contributed by atoms with Crippen LogP contribution >= 0.6 is 0 Å². The van der Waals surface area contributed by atoms with E-state index in [0.717, 1.165) is 33.6 Å². The maximum absolute atomic E-state index is 9.27. The topological polar surface area (TPSA) is 81.3 Å². The summed E-state index contributed by atoms with van der Waals surface area (Å²) in [5, 5.41) is 27.7. The molecular weight excluding hydrogens is 412 g/mol. The molecule has 6 heteroatoms. The second kappa shape index (κ2) is 11.1. The Labute approximate surface area is 193 Å². The Hall–Kier alpha value is -3.87. The Morgan fingerprint density at radius 3 is 1.64 bits per heavy atom. The number of aromatic nitrogens is 1. The molecule has 0 atom stereocenters. The van der Waals surface area contributed by atoms with Crippen LogP contribution in [0.2, 0.25) is 0 Å². The quantitative estimate of drug-likeness (QED) is 0.332. The molecule has 6 nitrogen and oxygen atoms in total. The Morgan fingerprint density at radius 1 is 0.636 bits per heavy atom. The van der Waals surface area contributed by atoms with Gasteiger partial charge in [0.25, 0.3) is 0 Å². The molecule has 0 spiro atoms. The van der Waals surface area contributed by atoms with Gasteiger partial charge in [-0.25, -0.2) is 0 Å². The fraction of sp³-hybridized carbons (Fsp3) is 0.148. The van der Waals surface area contributed by atoms with Gasteiger partial charge in [0.2, 0.25) is 0 Å². The average Bonchev–Trinajstić information content (AvgIpc) is 2.88. The van der Waals surface area contributed by atoms with Crippen LogP contribution in [0, 0.1) is 0 Å². The van der Waals surface area contributed by atoms with Crippen molar-refractivity contribution in [3.05, 3.63) is 97.3 Å². The van der Waals surface area contributed by atoms with Crippen LogP contribution in [0.3, 0.4) is 0 Å². The summed E-state index contributed by atoms with van der Waals surface area (Å²) in [6.45, 7) is 0.959. The van der Waals surface area contributed by atoms with E-state index in [0.29, 0.717) is 18.8 Å². The Bertz CT molecular complexity index is 1120. The molecule has 0 unspecified atom stereocenters. The minimum atomic E-state index is 0.0219. The molecule has 1 heterocycles. The lowest BCUT2D eigenvalue weighted by Gasteiger charge is -2.22. The minimum absolute atomic E-state index is 0.0219. The van der Waals surface area contributed by atoms with E-state index in [4.69, 9.17) is 0 Å². The van der Waals surface area contributed by atoms with Crippen LogP contribution in [0.25, 0.3) is 22.3 Å². The predicted molar refractivity (Wildman–Crippen MR) is 132 cm³/mol. The third-order valence-corrected chi connectivity index (χ3v) is 5.31. The number of anilines is 1. The summed E-state index contributed by atoms with van der Waals surface area (Å²) in [7, 11) is 0. The zero-order valence-corrected chi connectivity index (χ0v) is 18.2. The number of azo groups is 1. The Morgan fingerprint density at radius 2 is 1.15 bits per heavy atom. The van der Waals surface area contributed by atoms with Gasteiger partial charge in [-0.2, -0.15) is 5.11 Å². The largest absolute Gasteiger partial charge is 0.395 e. The van der Waals surface area contributed by atoms with E-state index < -0.39 is 0 Å². The molecule has 4 rings (SSSR count). The highest BCUT2D eigenvalue weighted by atomic mass is 16.3. The molecule has 0 saturated carbocycles. The van der Waals surface area contributed by atoms with Crippen molar-refractivity contribution in [3.8, 4) is 22.3 Å². The van der Waals surface area contributed by atoms with Crippen molar-refractivity contribution in [1.29, 1.82) is 0 Å². The number of nitrogens with zero attached hydrogens (tertiary/aromatic N) is 4. The molecule has 0 fully saturated rings. The fourth-order valence-electron chi connectivity index (χ4n) is 3.67. The van der Waals surface area contributed by atoms with Gasteiger partial charge in [-0.3, -0.25) is 4.98 Å². The molecule has 0 amide bonds. The van der Waals surface area contributed by atoms with Crippen molar-refractivity contribution in [1.82, 2.24) is 4.98 Å². The van der Waals surface area contributed by atoms with Gasteiger partial charge in [-0.05, 0) is 35.4 Å². The smallest absolute Gasteiger partial charge is 0.104 e. The molecule has 2 N–H and O–H groups in total. The summed E-state index contributed by atoms with van der Waals surface area (Å²) < 4.78 is 0. The SMILES string of the molecule is OCCN(CCO)c1ccc(N=Nc2c(-c3ccccc3)cncc2-c2ccccc2)cc1. The van der Waals surface area contributed by atoms with E-state index in [-0.39, 0.29) is 13.2 Å². The predicted octanol–water partition coefficient (Wildman–Crippen LogP) is 5.62. The molecule has 1 aromatic heterocycles. The van der Waals surface area contributed by atoms with E-state index in [1.54, 1.807) is 0 Å². The molecule has 0 saturated heterocycles. The molecule has 0 aliphatic rings. The van der Waals surface area contributed by atoms with E-state index in [1.165, 1.54) is 0 Å². The second-order valence-electron chi connectivity index (χ2n) is 7.47. The number of benzene rings is 3. The Balaban J connectivity index is 1.71. The first kappa shape index (κ1) is 22.3. The lowest BCUT2D eigenvalue weighted by Crippen LogP contribution is -2.29. The van der Waals surface area contributed by atoms with Crippen LogP contribution in [0.1, 0.15) is 0 Å². The zero-order chi connectivity index (χ0) is 22.9. The maximum Gasteiger partial charge on any atom is 0.104 e. The van der Waals surface area contributed by atoms with Crippen LogP contribution in [0.15, 0.2) is 108 Å². The van der Waals surface area contributed by atoms with Crippen molar-refractivity contribution >= 4 is 17.1 Å². The van der Waals surface area contributed by atoms with Crippen LogP contribution in [-0.4, -0.2) is 41.5 Å². The molecular formula is C27H26N4O2. The van der Waals surface area contributed by atoms with Crippen LogP contribution < -0.4 is 4.90 Å². The standard InChI is InChI=1S/C27H26N4O2/c32-17-15-31(16-18-33)24-13-11-23(12-14-24)29-30-27-25(21-7-3-1-4-8-21)19-28-20-26(27)22-9-5-2-6-10-22/h1-14,19-20,32-33H,15-18H2. The van der Waals surface area contributed by atoms with Gasteiger partial charge < -0.3 is 15.1 Å². The van der Waals surface area contributed by atoms with Crippen molar-refractivity contribution in [2.24, 2.45) is 10.2 Å². The maximum atomic E-state index is 9.27. The van der Waals surface area contributed by atoms with Crippen molar-refractivity contribution in [2.75, 3.05) is 31.2 Å². The van der Waals surface area contributed by atoms with E-state index >= 15 is 0 Å². The van der Waals surface area contributed by atoms with Crippen LogP contribution in [0.5, 0.6) is 0 Å². The third kappa shape index (κ3) is 5.49. The molecule has 4 aromatic rings. The summed E-state index contributed by atoms with van der Waals surface area (Å²) in [6.07, 6.45) is 3.64. The van der Waals surface area contributed by atoms with Crippen LogP contribution in [-0.2, 0) is 0 Å².